The molecule has 2 unspecified atom stereocenters. The molecule has 96 valence electrons. The predicted octanol–water partition coefficient (Wildman–Crippen LogP) is 2.35. The maximum absolute atomic E-state index is 12.3. The third kappa shape index (κ3) is 4.34. The van der Waals surface area contributed by atoms with Gasteiger partial charge in [0.15, 0.2) is 0 Å². The molecule has 1 N–H and O–H groups in total. The second-order valence-electron chi connectivity index (χ2n) is 5.87. The molecule has 16 heavy (non-hydrogen) atoms. The van der Waals surface area contributed by atoms with Crippen molar-refractivity contribution in [2.75, 3.05) is 20.1 Å². The van der Waals surface area contributed by atoms with Gasteiger partial charge in [0.25, 0.3) is 6.43 Å². The van der Waals surface area contributed by atoms with E-state index in [1.54, 1.807) is 7.05 Å². The van der Waals surface area contributed by atoms with Crippen LogP contribution in [-0.4, -0.2) is 43.0 Å². The van der Waals surface area contributed by atoms with Crippen molar-refractivity contribution in [3.8, 4) is 0 Å². The molecule has 1 aliphatic carbocycles. The minimum Gasteiger partial charge on any atom is -0.312 e. The van der Waals surface area contributed by atoms with E-state index in [2.05, 4.69) is 26.1 Å². The van der Waals surface area contributed by atoms with Crippen molar-refractivity contribution < 1.29 is 8.78 Å². The Labute approximate surface area is 97.4 Å². The van der Waals surface area contributed by atoms with Gasteiger partial charge in [0.05, 0.1) is 6.54 Å². The third-order valence-electron chi connectivity index (χ3n) is 3.26. The van der Waals surface area contributed by atoms with Crippen LogP contribution in [0.1, 0.15) is 33.6 Å². The molecule has 1 rings (SSSR count). The molecule has 0 aromatic rings. The van der Waals surface area contributed by atoms with E-state index in [4.69, 9.17) is 0 Å². The molecule has 1 fully saturated rings. The van der Waals surface area contributed by atoms with Gasteiger partial charge in [0.2, 0.25) is 0 Å². The van der Waals surface area contributed by atoms with Crippen molar-refractivity contribution >= 4 is 0 Å². The number of nitrogens with zero attached hydrogens (tertiary/aromatic N) is 1. The molecule has 0 aromatic carbocycles. The summed E-state index contributed by atoms with van der Waals surface area (Å²) in [5.41, 5.74) is 0.113. The molecule has 4 heteroatoms. The van der Waals surface area contributed by atoms with Crippen LogP contribution in [0.15, 0.2) is 0 Å². The Bertz CT molecular complexity index is 214. The molecule has 0 bridgehead atoms. The fourth-order valence-electron chi connectivity index (χ4n) is 2.16. The van der Waals surface area contributed by atoms with Gasteiger partial charge in [0, 0.05) is 11.6 Å². The molecular weight excluding hydrogens is 210 g/mol. The first-order valence-electron chi connectivity index (χ1n) is 6.03. The second-order valence-corrected chi connectivity index (χ2v) is 5.87. The highest BCUT2D eigenvalue weighted by molar-refractivity contribution is 4.90. The summed E-state index contributed by atoms with van der Waals surface area (Å²) in [5, 5.41) is 3.45. The fraction of sp³-hybridized carbons (Fsp3) is 1.00. The highest BCUT2D eigenvalue weighted by Crippen LogP contribution is 2.31. The third-order valence-corrected chi connectivity index (χ3v) is 3.26. The molecule has 2 nitrogen and oxygen atoms in total. The van der Waals surface area contributed by atoms with Gasteiger partial charge in [-0.3, -0.25) is 4.90 Å². The van der Waals surface area contributed by atoms with Gasteiger partial charge in [-0.05, 0) is 53.1 Å². The molecular formula is C12H24F2N2. The SMILES string of the molecule is CN(CC(F)F)C1CCC1CNC(C)(C)C. The molecule has 1 aliphatic rings. The molecule has 0 aromatic heterocycles. The Morgan fingerprint density at radius 3 is 2.31 bits per heavy atom. The lowest BCUT2D eigenvalue weighted by Gasteiger charge is -2.43. The highest BCUT2D eigenvalue weighted by atomic mass is 19.3. The summed E-state index contributed by atoms with van der Waals surface area (Å²) in [6.07, 6.45) is -0.0112. The lowest BCUT2D eigenvalue weighted by atomic mass is 9.78. The second kappa shape index (κ2) is 5.41. The summed E-state index contributed by atoms with van der Waals surface area (Å²) in [6, 6.07) is 0.337. The van der Waals surface area contributed by atoms with Crippen molar-refractivity contribution in [2.45, 2.75) is 51.6 Å². The molecule has 2 atom stereocenters. The number of hydrogen-bond donors (Lipinski definition) is 1. The van der Waals surface area contributed by atoms with Gasteiger partial charge in [-0.15, -0.1) is 0 Å². The van der Waals surface area contributed by atoms with Crippen molar-refractivity contribution in [3.05, 3.63) is 0 Å². The van der Waals surface area contributed by atoms with Gasteiger partial charge in [-0.2, -0.15) is 0 Å². The summed E-state index contributed by atoms with van der Waals surface area (Å²) in [4.78, 5) is 1.81. The molecule has 1 saturated carbocycles. The number of rotatable bonds is 5. The summed E-state index contributed by atoms with van der Waals surface area (Å²) >= 11 is 0. The van der Waals surface area contributed by atoms with Gasteiger partial charge in [-0.1, -0.05) is 0 Å². The van der Waals surface area contributed by atoms with E-state index >= 15 is 0 Å². The molecule has 0 aliphatic heterocycles. The Morgan fingerprint density at radius 2 is 1.94 bits per heavy atom. The van der Waals surface area contributed by atoms with Crippen LogP contribution in [0.2, 0.25) is 0 Å². The topological polar surface area (TPSA) is 15.3 Å². The van der Waals surface area contributed by atoms with Crippen LogP contribution >= 0.6 is 0 Å². The smallest absolute Gasteiger partial charge is 0.251 e. The van der Waals surface area contributed by atoms with E-state index in [-0.39, 0.29) is 12.1 Å². The van der Waals surface area contributed by atoms with Crippen molar-refractivity contribution in [1.82, 2.24) is 10.2 Å². The summed E-state index contributed by atoms with van der Waals surface area (Å²) < 4.78 is 24.5. The van der Waals surface area contributed by atoms with Crippen LogP contribution < -0.4 is 5.32 Å². The summed E-state index contributed by atoms with van der Waals surface area (Å²) in [7, 11) is 1.81. The number of alkyl halides is 2. The Morgan fingerprint density at radius 1 is 1.31 bits per heavy atom. The van der Waals surface area contributed by atoms with Crippen molar-refractivity contribution in [3.63, 3.8) is 0 Å². The van der Waals surface area contributed by atoms with Crippen LogP contribution in [0, 0.1) is 5.92 Å². The van der Waals surface area contributed by atoms with Crippen molar-refractivity contribution in [2.24, 2.45) is 5.92 Å². The fourth-order valence-corrected chi connectivity index (χ4v) is 2.16. The van der Waals surface area contributed by atoms with E-state index in [0.717, 1.165) is 19.4 Å². The summed E-state index contributed by atoms with van der Waals surface area (Å²) in [5.74, 6) is 0.531. The standard InChI is InChI=1S/C12H24F2N2/c1-12(2,3)15-7-9-5-6-10(9)16(4)8-11(13)14/h9-11,15H,5-8H2,1-4H3. The maximum atomic E-state index is 12.3. The normalized spacial score (nSPS) is 26.2. The quantitative estimate of drug-likeness (QED) is 0.785. The zero-order valence-corrected chi connectivity index (χ0v) is 10.8. The monoisotopic (exact) mass is 234 g/mol. The molecule has 0 spiro atoms. The number of nitrogens with one attached hydrogen (secondary N) is 1. The van der Waals surface area contributed by atoms with E-state index in [1.165, 1.54) is 0 Å². The Kier molecular flexibility index (Phi) is 4.68. The first kappa shape index (κ1) is 13.8. The molecule has 0 heterocycles. The first-order valence-corrected chi connectivity index (χ1v) is 6.03. The van der Waals surface area contributed by atoms with E-state index in [9.17, 15) is 8.78 Å². The maximum Gasteiger partial charge on any atom is 0.251 e. The lowest BCUT2D eigenvalue weighted by Crippen LogP contribution is -2.52. The predicted molar refractivity (Wildman–Crippen MR) is 62.9 cm³/mol. The van der Waals surface area contributed by atoms with Gasteiger partial charge in [0.1, 0.15) is 0 Å². The Balaban J connectivity index is 2.29. The van der Waals surface area contributed by atoms with Gasteiger partial charge < -0.3 is 5.32 Å². The first-order chi connectivity index (χ1) is 7.29. The van der Waals surface area contributed by atoms with E-state index in [1.807, 2.05) is 4.90 Å². The van der Waals surface area contributed by atoms with Gasteiger partial charge in [-0.25, -0.2) is 8.78 Å². The van der Waals surface area contributed by atoms with Crippen LogP contribution in [0.25, 0.3) is 0 Å². The number of hydrogen-bond acceptors (Lipinski definition) is 2. The van der Waals surface area contributed by atoms with Crippen molar-refractivity contribution in [1.29, 1.82) is 0 Å². The van der Waals surface area contributed by atoms with Crippen LogP contribution in [0.4, 0.5) is 8.78 Å². The van der Waals surface area contributed by atoms with E-state index < -0.39 is 6.43 Å². The highest BCUT2D eigenvalue weighted by Gasteiger charge is 2.34. The van der Waals surface area contributed by atoms with Gasteiger partial charge >= 0.3 is 0 Å². The van der Waals surface area contributed by atoms with Crippen LogP contribution in [-0.2, 0) is 0 Å². The summed E-state index contributed by atoms with van der Waals surface area (Å²) in [6.45, 7) is 7.22. The molecule has 0 amide bonds. The zero-order chi connectivity index (χ0) is 12.3. The Hall–Kier alpha value is -0.220. The van der Waals surface area contributed by atoms with Crippen LogP contribution in [0.3, 0.4) is 0 Å². The average Bonchev–Trinajstić information content (AvgIpc) is 1.97. The molecule has 0 radical (unpaired) electrons. The zero-order valence-electron chi connectivity index (χ0n) is 10.8. The minimum atomic E-state index is -2.22. The van der Waals surface area contributed by atoms with E-state index in [0.29, 0.717) is 12.0 Å². The lowest BCUT2D eigenvalue weighted by molar-refractivity contribution is 0.0256. The molecule has 0 saturated heterocycles. The average molecular weight is 234 g/mol. The number of halogens is 2. The van der Waals surface area contributed by atoms with Crippen LogP contribution in [0.5, 0.6) is 0 Å². The largest absolute Gasteiger partial charge is 0.312 e. The minimum absolute atomic E-state index is 0.101.